The van der Waals surface area contributed by atoms with E-state index in [-0.39, 0.29) is 56.2 Å². The summed E-state index contributed by atoms with van der Waals surface area (Å²) in [6.45, 7) is 10.3. The molecule has 0 bridgehead atoms. The number of aromatic amines is 1. The second-order valence-corrected chi connectivity index (χ2v) is 16.3. The molecule has 2 N–H and O–H groups in total. The molecule has 1 saturated heterocycles. The van der Waals surface area contributed by atoms with E-state index in [0.717, 1.165) is 16.7 Å². The highest BCUT2D eigenvalue weighted by atomic mass is 31.2. The molecule has 15 heteroatoms. The van der Waals surface area contributed by atoms with Gasteiger partial charge < -0.3 is 33.3 Å². The number of H-pyrrole nitrogens is 1. The van der Waals surface area contributed by atoms with Gasteiger partial charge in [-0.2, -0.15) is 5.26 Å². The first-order valence-corrected chi connectivity index (χ1v) is 21.6. The van der Waals surface area contributed by atoms with Gasteiger partial charge in [0.15, 0.2) is 0 Å². The largest absolute Gasteiger partial charge is 0.497 e. The molecule has 1 aromatic heterocycles. The van der Waals surface area contributed by atoms with E-state index in [1.807, 2.05) is 85.8 Å². The van der Waals surface area contributed by atoms with E-state index in [1.54, 1.807) is 14.2 Å². The van der Waals surface area contributed by atoms with Crippen LogP contribution in [0, 0.1) is 23.2 Å². The minimum atomic E-state index is -1.74. The van der Waals surface area contributed by atoms with Crippen LogP contribution >= 0.6 is 8.53 Å². The summed E-state index contributed by atoms with van der Waals surface area (Å²) in [4.78, 5) is 40.8. The molecule has 61 heavy (non-hydrogen) atoms. The van der Waals surface area contributed by atoms with Crippen LogP contribution in [0.2, 0.25) is 0 Å². The third-order valence-corrected chi connectivity index (χ3v) is 12.2. The smallest absolute Gasteiger partial charge is 0.330 e. The zero-order chi connectivity index (χ0) is 43.9. The molecule has 0 aliphatic carbocycles. The number of methoxy groups -OCH3 is 2. The molecule has 4 unspecified atom stereocenters. The fourth-order valence-electron chi connectivity index (χ4n) is 7.21. The van der Waals surface area contributed by atoms with Crippen LogP contribution in [0.25, 0.3) is 0 Å². The molecule has 3 aromatic carbocycles. The summed E-state index contributed by atoms with van der Waals surface area (Å²) >= 11 is 0. The average molecular weight is 854 g/mol. The number of nitrogens with zero attached hydrogens (tertiary/aromatic N) is 3. The Morgan fingerprint density at radius 2 is 1.57 bits per heavy atom. The lowest BCUT2D eigenvalue weighted by Crippen LogP contribution is -2.39. The van der Waals surface area contributed by atoms with Crippen LogP contribution in [0.3, 0.4) is 0 Å². The van der Waals surface area contributed by atoms with Gasteiger partial charge in [0.05, 0.1) is 52.6 Å². The van der Waals surface area contributed by atoms with E-state index in [1.165, 1.54) is 10.8 Å². The van der Waals surface area contributed by atoms with Crippen LogP contribution in [-0.2, 0) is 28.9 Å². The van der Waals surface area contributed by atoms with Crippen molar-refractivity contribution in [1.29, 1.82) is 5.26 Å². The molecule has 0 saturated carbocycles. The lowest BCUT2D eigenvalue weighted by atomic mass is 9.80. The molecular formula is C46H56N5O9P. The first-order chi connectivity index (χ1) is 29.4. The van der Waals surface area contributed by atoms with E-state index in [0.29, 0.717) is 24.3 Å². The Hall–Kier alpha value is -5.31. The summed E-state index contributed by atoms with van der Waals surface area (Å²) in [5.41, 5.74) is -0.0378. The second-order valence-electron chi connectivity index (χ2n) is 14.9. The predicted octanol–water partition coefficient (Wildman–Crippen LogP) is 6.78. The maximum Gasteiger partial charge on any atom is 0.330 e. The van der Waals surface area contributed by atoms with Gasteiger partial charge >= 0.3 is 5.69 Å². The van der Waals surface area contributed by atoms with Crippen molar-refractivity contribution in [3.63, 3.8) is 0 Å². The first kappa shape index (κ1) is 46.8. The van der Waals surface area contributed by atoms with Crippen molar-refractivity contribution in [2.45, 2.75) is 96.4 Å². The van der Waals surface area contributed by atoms with E-state index < -0.39 is 43.8 Å². The highest BCUT2D eigenvalue weighted by Crippen LogP contribution is 2.50. The second kappa shape index (κ2) is 22.5. The minimum absolute atomic E-state index is 0.0200. The monoisotopic (exact) mass is 853 g/mol. The van der Waals surface area contributed by atoms with Crippen molar-refractivity contribution in [1.82, 2.24) is 19.5 Å². The van der Waals surface area contributed by atoms with Crippen molar-refractivity contribution < 1.29 is 32.8 Å². The zero-order valence-electron chi connectivity index (χ0n) is 35.9. The van der Waals surface area contributed by atoms with Crippen molar-refractivity contribution in [3.05, 3.63) is 128 Å². The minimum Gasteiger partial charge on any atom is -0.497 e. The first-order valence-electron chi connectivity index (χ1n) is 20.5. The van der Waals surface area contributed by atoms with Crippen LogP contribution in [0.4, 0.5) is 0 Å². The summed E-state index contributed by atoms with van der Waals surface area (Å²) in [5.74, 6) is 6.81. The Morgan fingerprint density at radius 3 is 2.13 bits per heavy atom. The van der Waals surface area contributed by atoms with E-state index >= 15 is 0 Å². The molecule has 1 aliphatic rings. The molecule has 1 fully saturated rings. The van der Waals surface area contributed by atoms with Gasteiger partial charge in [0.2, 0.25) is 5.91 Å². The number of aromatic nitrogens is 2. The Kier molecular flexibility index (Phi) is 17.3. The van der Waals surface area contributed by atoms with Crippen LogP contribution in [-0.4, -0.2) is 78.4 Å². The summed E-state index contributed by atoms with van der Waals surface area (Å²) in [6, 6.07) is 27.4. The van der Waals surface area contributed by atoms with Crippen LogP contribution in [0.5, 0.6) is 11.5 Å². The zero-order valence-corrected chi connectivity index (χ0v) is 36.8. The van der Waals surface area contributed by atoms with Crippen molar-refractivity contribution in [2.75, 3.05) is 34.0 Å². The van der Waals surface area contributed by atoms with Gasteiger partial charge in [-0.05, 0) is 75.1 Å². The predicted molar refractivity (Wildman–Crippen MR) is 233 cm³/mol. The average Bonchev–Trinajstić information content (AvgIpc) is 3.65. The number of nitriles is 1. The maximum atomic E-state index is 13.5. The Labute approximate surface area is 359 Å². The lowest BCUT2D eigenvalue weighted by molar-refractivity contribution is -0.120. The quantitative estimate of drug-likeness (QED) is 0.0417. The van der Waals surface area contributed by atoms with Crippen LogP contribution in [0.1, 0.15) is 88.8 Å². The third kappa shape index (κ3) is 11.7. The topological polar surface area (TPSA) is 166 Å². The number of amides is 1. The lowest BCUT2D eigenvalue weighted by Gasteiger charge is -2.39. The third-order valence-electron chi connectivity index (χ3n) is 10.1. The summed E-state index contributed by atoms with van der Waals surface area (Å²) in [7, 11) is 1.49. The van der Waals surface area contributed by atoms with Crippen molar-refractivity contribution in [3.8, 4) is 29.4 Å². The summed E-state index contributed by atoms with van der Waals surface area (Å²) < 4.78 is 41.8. The number of nitrogens with one attached hydrogen (secondary N) is 2. The van der Waals surface area contributed by atoms with Gasteiger partial charge in [-0.3, -0.25) is 19.1 Å². The van der Waals surface area contributed by atoms with Gasteiger partial charge in [-0.15, -0.1) is 0 Å². The molecule has 324 valence electrons. The fourth-order valence-corrected chi connectivity index (χ4v) is 8.97. The standard InChI is InChI=1S/C46H56N5O9P/c1-8-14-42(52)48-27-12-15-34-30-50(45(54)49-44(34)53)43-29-40(60-61(58-28-13-26-47)51(32(2)3)33(4)5)41(59-43)31-57-46(35-16-10-9-11-17-35,36-18-22-38(55-6)23-19-36)37-20-24-39(56-7)25-21-37/h9-11,16-25,30,32-33,40-41,43H,8,13-14,27-29,31H2,1-7H3,(H,48,52)(H,49,53,54). The molecule has 4 aromatic rings. The SMILES string of the molecule is CCCC(=O)NCC#Cc1cn(C2CC(OP(OCCC#N)N(C(C)C)C(C)C)C(COC(c3ccccc3)(c3ccc(OC)cc3)c3ccc(OC)cc3)O2)c(=O)[nH]c1=O. The normalized spacial score (nSPS) is 16.8. The van der Waals surface area contributed by atoms with Crippen molar-refractivity contribution >= 4 is 14.4 Å². The fraction of sp³-hybridized carbons (Fsp3) is 0.435. The molecule has 1 amide bonds. The van der Waals surface area contributed by atoms with Crippen LogP contribution < -0.4 is 26.0 Å². The molecular weight excluding hydrogens is 798 g/mol. The number of rotatable bonds is 20. The van der Waals surface area contributed by atoms with E-state index in [4.69, 9.17) is 28.0 Å². The van der Waals surface area contributed by atoms with Gasteiger partial charge in [0.25, 0.3) is 14.1 Å². The molecule has 0 radical (unpaired) electrons. The van der Waals surface area contributed by atoms with Crippen molar-refractivity contribution in [2.24, 2.45) is 0 Å². The number of ether oxygens (including phenoxy) is 4. The number of carbonyl (C=O) groups is 1. The summed E-state index contributed by atoms with van der Waals surface area (Å²) in [5, 5.41) is 12.1. The molecule has 14 nitrogen and oxygen atoms in total. The van der Waals surface area contributed by atoms with E-state index in [2.05, 4.69) is 60.6 Å². The highest BCUT2D eigenvalue weighted by molar-refractivity contribution is 7.44. The molecule has 4 atom stereocenters. The van der Waals surface area contributed by atoms with Gasteiger partial charge in [0, 0.05) is 31.1 Å². The Bertz CT molecular complexity index is 2190. The Balaban J connectivity index is 1.59. The number of carbonyl (C=O) groups excluding carboxylic acids is 1. The van der Waals surface area contributed by atoms with Gasteiger partial charge in [-0.25, -0.2) is 9.46 Å². The van der Waals surface area contributed by atoms with Gasteiger partial charge in [0.1, 0.15) is 35.0 Å². The number of benzene rings is 3. The molecule has 0 spiro atoms. The number of hydrogen-bond donors (Lipinski definition) is 2. The number of hydrogen-bond acceptors (Lipinski definition) is 11. The van der Waals surface area contributed by atoms with Gasteiger partial charge in [-0.1, -0.05) is 73.4 Å². The molecule has 2 heterocycles. The molecule has 1 aliphatic heterocycles. The molecule has 5 rings (SSSR count). The summed E-state index contributed by atoms with van der Waals surface area (Å²) in [6.07, 6.45) is 0.389. The highest BCUT2D eigenvalue weighted by Gasteiger charge is 2.45. The maximum absolute atomic E-state index is 13.5. The van der Waals surface area contributed by atoms with E-state index in [9.17, 15) is 19.6 Å². The Morgan fingerprint density at radius 1 is 0.967 bits per heavy atom. The van der Waals surface area contributed by atoms with Crippen LogP contribution in [0.15, 0.2) is 94.6 Å².